The van der Waals surface area contributed by atoms with E-state index >= 15 is 0 Å². The molecule has 4 nitrogen and oxygen atoms in total. The monoisotopic (exact) mass is 360 g/mol. The molecule has 0 saturated heterocycles. The van der Waals surface area contributed by atoms with Crippen molar-refractivity contribution in [2.75, 3.05) is 0 Å². The quantitative estimate of drug-likeness (QED) is 0.549. The second kappa shape index (κ2) is 7.37. The van der Waals surface area contributed by atoms with Gasteiger partial charge in [-0.1, -0.05) is 66.7 Å². The molecule has 128 valence electrons. The Hall–Kier alpha value is -3.18. The molecule has 0 aliphatic carbocycles. The molecule has 0 bridgehead atoms. The van der Waals surface area contributed by atoms with E-state index in [9.17, 15) is 4.79 Å². The smallest absolute Gasteiger partial charge is 0.274 e. The highest BCUT2D eigenvalue weighted by molar-refractivity contribution is 7.13. The Morgan fingerprint density at radius 2 is 1.58 bits per heavy atom. The van der Waals surface area contributed by atoms with Crippen molar-refractivity contribution in [3.63, 3.8) is 0 Å². The molecular weight excluding hydrogens is 344 g/mol. The van der Waals surface area contributed by atoms with Crippen LogP contribution in [0.1, 0.15) is 27.7 Å². The van der Waals surface area contributed by atoms with Gasteiger partial charge in [0.05, 0.1) is 10.9 Å². The van der Waals surface area contributed by atoms with Crippen molar-refractivity contribution < 1.29 is 9.21 Å². The highest BCUT2D eigenvalue weighted by atomic mass is 32.1. The lowest BCUT2D eigenvalue weighted by molar-refractivity contribution is 0.0939. The van der Waals surface area contributed by atoms with Gasteiger partial charge in [0.25, 0.3) is 5.91 Å². The Morgan fingerprint density at radius 3 is 2.15 bits per heavy atom. The highest BCUT2D eigenvalue weighted by Crippen LogP contribution is 2.28. The van der Waals surface area contributed by atoms with Crippen LogP contribution in [0.2, 0.25) is 0 Å². The Kier molecular flexibility index (Phi) is 4.62. The zero-order valence-corrected chi connectivity index (χ0v) is 14.6. The largest absolute Gasteiger partial charge is 0.442 e. The average molecular weight is 360 g/mol. The molecule has 0 atom stereocenters. The maximum absolute atomic E-state index is 12.9. The summed E-state index contributed by atoms with van der Waals surface area (Å²) < 4.78 is 5.46. The number of carbonyl (C=O) groups excluding carboxylic acids is 1. The first-order valence-electron chi connectivity index (χ1n) is 8.21. The predicted octanol–water partition coefficient (Wildman–Crippen LogP) is 4.92. The number of aromatic nitrogens is 1. The molecule has 0 aliphatic heterocycles. The van der Waals surface area contributed by atoms with Crippen molar-refractivity contribution in [1.82, 2.24) is 10.3 Å². The van der Waals surface area contributed by atoms with E-state index in [1.54, 1.807) is 0 Å². The van der Waals surface area contributed by atoms with Gasteiger partial charge in [0.2, 0.25) is 0 Å². The van der Waals surface area contributed by atoms with Crippen LogP contribution in [0.5, 0.6) is 0 Å². The lowest BCUT2D eigenvalue weighted by Crippen LogP contribution is -2.29. The molecule has 1 N–H and O–H groups in total. The Bertz CT molecular complexity index is 940. The van der Waals surface area contributed by atoms with Crippen LogP contribution in [0.4, 0.5) is 0 Å². The van der Waals surface area contributed by atoms with E-state index in [1.165, 1.54) is 17.7 Å². The van der Waals surface area contributed by atoms with Crippen LogP contribution in [0.3, 0.4) is 0 Å². The summed E-state index contributed by atoms with van der Waals surface area (Å²) in [6.07, 6.45) is 1.31. The minimum Gasteiger partial charge on any atom is -0.442 e. The molecule has 0 saturated carbocycles. The lowest BCUT2D eigenvalue weighted by atomic mass is 9.98. The molecule has 2 aromatic heterocycles. The van der Waals surface area contributed by atoms with Crippen LogP contribution < -0.4 is 5.32 Å². The normalized spacial score (nSPS) is 10.8. The first-order valence-corrected chi connectivity index (χ1v) is 9.09. The van der Waals surface area contributed by atoms with Crippen LogP contribution in [0, 0.1) is 0 Å². The SMILES string of the molecule is O=C(NC(c1ccccc1)c1ccccc1)c1ncoc1-c1cccs1. The zero-order chi connectivity index (χ0) is 17.8. The number of amides is 1. The molecule has 4 rings (SSSR count). The molecular formula is C21H16N2O2S. The van der Waals surface area contributed by atoms with Gasteiger partial charge in [0.15, 0.2) is 17.8 Å². The third-order valence-corrected chi connectivity index (χ3v) is 4.94. The minimum atomic E-state index is -0.266. The maximum Gasteiger partial charge on any atom is 0.274 e. The molecule has 0 spiro atoms. The van der Waals surface area contributed by atoms with E-state index in [0.717, 1.165) is 16.0 Å². The van der Waals surface area contributed by atoms with Crippen LogP contribution in [0.15, 0.2) is 89.0 Å². The van der Waals surface area contributed by atoms with Crippen LogP contribution in [0.25, 0.3) is 10.6 Å². The molecule has 5 heteroatoms. The summed E-state index contributed by atoms with van der Waals surface area (Å²) in [7, 11) is 0. The number of nitrogens with one attached hydrogen (secondary N) is 1. The van der Waals surface area contributed by atoms with Crippen LogP contribution >= 0.6 is 11.3 Å². The Balaban J connectivity index is 1.67. The average Bonchev–Trinajstić information content (AvgIpc) is 3.38. The minimum absolute atomic E-state index is 0.264. The fourth-order valence-corrected chi connectivity index (χ4v) is 3.55. The second-order valence-corrected chi connectivity index (χ2v) is 6.68. The van der Waals surface area contributed by atoms with E-state index in [-0.39, 0.29) is 11.9 Å². The van der Waals surface area contributed by atoms with Crippen molar-refractivity contribution in [3.05, 3.63) is 101 Å². The van der Waals surface area contributed by atoms with Gasteiger partial charge in [-0.15, -0.1) is 11.3 Å². The number of thiophene rings is 1. The van der Waals surface area contributed by atoms with E-state index in [2.05, 4.69) is 10.3 Å². The zero-order valence-electron chi connectivity index (χ0n) is 13.8. The number of oxazole rings is 1. The second-order valence-electron chi connectivity index (χ2n) is 5.74. The Morgan fingerprint density at radius 1 is 0.923 bits per heavy atom. The van der Waals surface area contributed by atoms with Crippen LogP contribution in [-0.4, -0.2) is 10.9 Å². The molecule has 4 aromatic rings. The van der Waals surface area contributed by atoms with Gasteiger partial charge in [0.1, 0.15) is 0 Å². The maximum atomic E-state index is 12.9. The highest BCUT2D eigenvalue weighted by Gasteiger charge is 2.23. The first kappa shape index (κ1) is 16.3. The molecule has 1 amide bonds. The molecule has 2 aromatic carbocycles. The predicted molar refractivity (Wildman–Crippen MR) is 102 cm³/mol. The third kappa shape index (κ3) is 3.30. The van der Waals surface area contributed by atoms with Crippen molar-refractivity contribution in [3.8, 4) is 10.6 Å². The molecule has 26 heavy (non-hydrogen) atoms. The number of hydrogen-bond acceptors (Lipinski definition) is 4. The van der Waals surface area contributed by atoms with Gasteiger partial charge in [-0.25, -0.2) is 4.98 Å². The standard InChI is InChI=1S/C21H16N2O2S/c24-21(19-20(25-14-22-19)17-12-7-13-26-17)23-18(15-8-3-1-4-9-15)16-10-5-2-6-11-16/h1-14,18H,(H,23,24). The molecule has 0 radical (unpaired) electrons. The van der Waals surface area contributed by atoms with Crippen LogP contribution in [-0.2, 0) is 0 Å². The van der Waals surface area contributed by atoms with E-state index < -0.39 is 0 Å². The topological polar surface area (TPSA) is 55.1 Å². The molecule has 0 aliphatic rings. The van der Waals surface area contributed by atoms with Gasteiger partial charge < -0.3 is 9.73 Å². The summed E-state index contributed by atoms with van der Waals surface area (Å²) in [5.74, 6) is 0.234. The summed E-state index contributed by atoms with van der Waals surface area (Å²) in [5, 5.41) is 5.04. The molecule has 0 fully saturated rings. The van der Waals surface area contributed by atoms with Gasteiger partial charge in [0, 0.05) is 0 Å². The molecule has 0 unspecified atom stereocenters. The number of benzene rings is 2. The third-order valence-electron chi connectivity index (χ3n) is 4.07. The summed E-state index contributed by atoms with van der Waals surface area (Å²) in [4.78, 5) is 18.0. The van der Waals surface area contributed by atoms with E-state index in [4.69, 9.17) is 4.42 Å². The van der Waals surface area contributed by atoms with Crippen molar-refractivity contribution in [2.45, 2.75) is 6.04 Å². The summed E-state index contributed by atoms with van der Waals surface area (Å²) in [6.45, 7) is 0. The molecule has 2 heterocycles. The first-order chi connectivity index (χ1) is 12.8. The van der Waals surface area contributed by atoms with E-state index in [0.29, 0.717) is 11.5 Å². The van der Waals surface area contributed by atoms with Gasteiger partial charge in [-0.05, 0) is 22.6 Å². The number of hydrogen-bond donors (Lipinski definition) is 1. The van der Waals surface area contributed by atoms with Crippen molar-refractivity contribution in [2.24, 2.45) is 0 Å². The number of nitrogens with zero attached hydrogens (tertiary/aromatic N) is 1. The summed E-state index contributed by atoms with van der Waals surface area (Å²) in [6, 6.07) is 23.3. The fourth-order valence-electron chi connectivity index (χ4n) is 2.84. The van der Waals surface area contributed by atoms with E-state index in [1.807, 2.05) is 78.2 Å². The van der Waals surface area contributed by atoms with Gasteiger partial charge in [-0.3, -0.25) is 4.79 Å². The number of rotatable bonds is 5. The fraction of sp³-hybridized carbons (Fsp3) is 0.0476. The van der Waals surface area contributed by atoms with Crippen molar-refractivity contribution in [1.29, 1.82) is 0 Å². The summed E-state index contributed by atoms with van der Waals surface area (Å²) in [5.41, 5.74) is 2.31. The van der Waals surface area contributed by atoms with Gasteiger partial charge >= 0.3 is 0 Å². The van der Waals surface area contributed by atoms with Crippen molar-refractivity contribution >= 4 is 17.2 Å². The lowest BCUT2D eigenvalue weighted by Gasteiger charge is -2.19. The Labute approximate surface area is 155 Å². The van der Waals surface area contributed by atoms with Gasteiger partial charge in [-0.2, -0.15) is 0 Å². The number of carbonyl (C=O) groups is 1. The summed E-state index contributed by atoms with van der Waals surface area (Å²) >= 11 is 1.51.